The lowest BCUT2D eigenvalue weighted by molar-refractivity contribution is 0.609. The lowest BCUT2D eigenvalue weighted by Crippen LogP contribution is -2.37. The zero-order chi connectivity index (χ0) is 12.4. The Bertz CT molecular complexity index is 434. The molecule has 1 saturated carbocycles. The second kappa shape index (κ2) is 6.36. The summed E-state index contributed by atoms with van der Waals surface area (Å²) in [6.45, 7) is 4.01. The second-order valence-corrected chi connectivity index (χ2v) is 4.74. The van der Waals surface area contributed by atoms with Gasteiger partial charge in [-0.05, 0) is 31.9 Å². The van der Waals surface area contributed by atoms with E-state index in [0.717, 1.165) is 12.0 Å². The number of guanidine groups is 1. The Kier molecular flexibility index (Phi) is 5.37. The molecule has 1 aromatic rings. The molecule has 0 aromatic heterocycles. The van der Waals surface area contributed by atoms with E-state index in [1.165, 1.54) is 6.07 Å². The fourth-order valence-electron chi connectivity index (χ4n) is 1.95. The van der Waals surface area contributed by atoms with Crippen LogP contribution in [-0.4, -0.2) is 18.0 Å². The van der Waals surface area contributed by atoms with E-state index in [4.69, 9.17) is 5.73 Å². The van der Waals surface area contributed by atoms with E-state index in [9.17, 15) is 4.39 Å². The molecule has 3 N–H and O–H groups in total. The Hall–Kier alpha value is -0.850. The first-order valence-corrected chi connectivity index (χ1v) is 5.92. The molecule has 0 radical (unpaired) electrons. The van der Waals surface area contributed by atoms with Crippen molar-refractivity contribution in [2.24, 2.45) is 10.7 Å². The summed E-state index contributed by atoms with van der Waals surface area (Å²) in [5.74, 6) is 0.484. The van der Waals surface area contributed by atoms with Gasteiger partial charge >= 0.3 is 0 Å². The summed E-state index contributed by atoms with van der Waals surface area (Å²) < 4.78 is 13.5. The minimum atomic E-state index is -0.148. The van der Waals surface area contributed by atoms with Crippen molar-refractivity contribution in [3.8, 4) is 0 Å². The number of hydrogen-bond acceptors (Lipinski definition) is 1. The van der Waals surface area contributed by atoms with Gasteiger partial charge in [-0.15, -0.1) is 24.0 Å². The molecular formula is C13H19FIN3. The minimum Gasteiger partial charge on any atom is -0.370 e. The fourth-order valence-corrected chi connectivity index (χ4v) is 1.95. The average molecular weight is 363 g/mol. The van der Waals surface area contributed by atoms with E-state index in [1.54, 1.807) is 6.07 Å². The highest BCUT2D eigenvalue weighted by Crippen LogP contribution is 2.44. The molecule has 0 saturated heterocycles. The standard InChI is InChI=1S/C13H18FN3.HI/c1-8(2)16-13(15)17-12-7-10(12)9-5-3-4-6-11(9)14;/h3-6,8,10,12H,7H2,1-2H3,(H3,15,16,17);1H. The summed E-state index contributed by atoms with van der Waals surface area (Å²) in [6.07, 6.45) is 0.876. The van der Waals surface area contributed by atoms with Crippen molar-refractivity contribution in [1.82, 2.24) is 5.32 Å². The van der Waals surface area contributed by atoms with Gasteiger partial charge < -0.3 is 11.1 Å². The maximum Gasteiger partial charge on any atom is 0.189 e. The van der Waals surface area contributed by atoms with Gasteiger partial charge in [-0.25, -0.2) is 9.38 Å². The number of aliphatic imine (C=N–C) groups is 1. The van der Waals surface area contributed by atoms with E-state index in [0.29, 0.717) is 5.96 Å². The van der Waals surface area contributed by atoms with Crippen molar-refractivity contribution >= 4 is 29.9 Å². The minimum absolute atomic E-state index is 0. The number of nitrogens with one attached hydrogen (secondary N) is 1. The molecular weight excluding hydrogens is 344 g/mol. The van der Waals surface area contributed by atoms with Crippen LogP contribution in [0.2, 0.25) is 0 Å². The summed E-state index contributed by atoms with van der Waals surface area (Å²) in [4.78, 5) is 4.34. The van der Waals surface area contributed by atoms with Gasteiger partial charge in [0, 0.05) is 12.0 Å². The van der Waals surface area contributed by atoms with Gasteiger partial charge in [0.1, 0.15) is 5.82 Å². The van der Waals surface area contributed by atoms with E-state index < -0.39 is 0 Å². The predicted octanol–water partition coefficient (Wildman–Crippen LogP) is 2.61. The molecule has 2 atom stereocenters. The predicted molar refractivity (Wildman–Crippen MR) is 82.9 cm³/mol. The smallest absolute Gasteiger partial charge is 0.189 e. The van der Waals surface area contributed by atoms with Crippen molar-refractivity contribution < 1.29 is 4.39 Å². The number of rotatable bonds is 3. The van der Waals surface area contributed by atoms with E-state index in [2.05, 4.69) is 10.3 Å². The van der Waals surface area contributed by atoms with Gasteiger partial charge in [0.2, 0.25) is 0 Å². The van der Waals surface area contributed by atoms with Gasteiger partial charge in [-0.3, -0.25) is 0 Å². The van der Waals surface area contributed by atoms with Crippen LogP contribution in [0.3, 0.4) is 0 Å². The zero-order valence-corrected chi connectivity index (χ0v) is 12.9. The second-order valence-electron chi connectivity index (χ2n) is 4.74. The Morgan fingerprint density at radius 1 is 1.44 bits per heavy atom. The molecule has 100 valence electrons. The van der Waals surface area contributed by atoms with Crippen LogP contribution in [0.4, 0.5) is 4.39 Å². The Labute approximate surface area is 124 Å². The van der Waals surface area contributed by atoms with Gasteiger partial charge in [0.05, 0.1) is 6.04 Å². The van der Waals surface area contributed by atoms with E-state index in [-0.39, 0.29) is 47.8 Å². The Morgan fingerprint density at radius 3 is 2.72 bits per heavy atom. The lowest BCUT2D eigenvalue weighted by Gasteiger charge is -2.08. The van der Waals surface area contributed by atoms with Crippen molar-refractivity contribution in [2.75, 3.05) is 0 Å². The van der Waals surface area contributed by atoms with Crippen molar-refractivity contribution in [3.05, 3.63) is 35.6 Å². The quantitative estimate of drug-likeness (QED) is 0.493. The number of halogens is 2. The lowest BCUT2D eigenvalue weighted by atomic mass is 10.1. The van der Waals surface area contributed by atoms with E-state index >= 15 is 0 Å². The van der Waals surface area contributed by atoms with Crippen molar-refractivity contribution in [1.29, 1.82) is 0 Å². The third kappa shape index (κ3) is 3.83. The first kappa shape index (κ1) is 15.2. The Morgan fingerprint density at radius 2 is 2.11 bits per heavy atom. The molecule has 0 spiro atoms. The number of nitrogens with zero attached hydrogens (tertiary/aromatic N) is 1. The fraction of sp³-hybridized carbons (Fsp3) is 0.462. The maximum absolute atomic E-state index is 13.5. The van der Waals surface area contributed by atoms with Crippen LogP contribution in [0.15, 0.2) is 29.3 Å². The van der Waals surface area contributed by atoms with Gasteiger partial charge in [0.15, 0.2) is 5.96 Å². The molecule has 0 aliphatic heterocycles. The zero-order valence-electron chi connectivity index (χ0n) is 10.6. The average Bonchev–Trinajstić information content (AvgIpc) is 2.96. The van der Waals surface area contributed by atoms with Gasteiger partial charge in [0.25, 0.3) is 0 Å². The highest BCUT2D eigenvalue weighted by Gasteiger charge is 2.40. The highest BCUT2D eigenvalue weighted by atomic mass is 127. The number of hydrogen-bond donors (Lipinski definition) is 2. The topological polar surface area (TPSA) is 50.4 Å². The summed E-state index contributed by atoms with van der Waals surface area (Å²) in [7, 11) is 0. The molecule has 1 aliphatic carbocycles. The van der Waals surface area contributed by atoms with Crippen LogP contribution in [0, 0.1) is 5.82 Å². The summed E-state index contributed by atoms with van der Waals surface area (Å²) in [6, 6.07) is 7.26. The first-order chi connectivity index (χ1) is 8.08. The highest BCUT2D eigenvalue weighted by molar-refractivity contribution is 14.0. The summed E-state index contributed by atoms with van der Waals surface area (Å²) in [5, 5.41) is 3.03. The van der Waals surface area contributed by atoms with E-state index in [1.807, 2.05) is 26.0 Å². The van der Waals surface area contributed by atoms with Crippen LogP contribution in [0.25, 0.3) is 0 Å². The number of nitrogens with two attached hydrogens (primary N) is 1. The first-order valence-electron chi connectivity index (χ1n) is 5.92. The Balaban J connectivity index is 0.00000162. The van der Waals surface area contributed by atoms with Gasteiger partial charge in [-0.2, -0.15) is 0 Å². The summed E-state index contributed by atoms with van der Waals surface area (Å²) in [5.41, 5.74) is 6.49. The molecule has 2 unspecified atom stereocenters. The molecule has 0 bridgehead atoms. The van der Waals surface area contributed by atoms with Crippen LogP contribution in [0.5, 0.6) is 0 Å². The van der Waals surface area contributed by atoms with Crippen LogP contribution in [0.1, 0.15) is 31.7 Å². The largest absolute Gasteiger partial charge is 0.370 e. The molecule has 0 heterocycles. The maximum atomic E-state index is 13.5. The molecule has 18 heavy (non-hydrogen) atoms. The third-order valence-corrected chi connectivity index (χ3v) is 2.80. The van der Waals surface area contributed by atoms with Crippen LogP contribution >= 0.6 is 24.0 Å². The SMILES string of the molecule is CC(C)NC(N)=NC1CC1c1ccccc1F.I. The molecule has 3 nitrogen and oxygen atoms in total. The van der Waals surface area contributed by atoms with Crippen LogP contribution < -0.4 is 11.1 Å². The monoisotopic (exact) mass is 363 g/mol. The normalized spacial score (nSPS) is 22.6. The third-order valence-electron chi connectivity index (χ3n) is 2.80. The summed E-state index contributed by atoms with van der Waals surface area (Å²) >= 11 is 0. The molecule has 2 rings (SSSR count). The molecule has 5 heteroatoms. The molecule has 1 fully saturated rings. The molecule has 1 aliphatic rings. The van der Waals surface area contributed by atoms with Crippen molar-refractivity contribution in [2.45, 2.75) is 38.3 Å². The molecule has 1 aromatic carbocycles. The van der Waals surface area contributed by atoms with Crippen LogP contribution in [-0.2, 0) is 0 Å². The van der Waals surface area contributed by atoms with Gasteiger partial charge in [-0.1, -0.05) is 18.2 Å². The number of benzene rings is 1. The molecule has 0 amide bonds. The van der Waals surface area contributed by atoms with Crippen molar-refractivity contribution in [3.63, 3.8) is 0 Å².